The van der Waals surface area contributed by atoms with Crippen LogP contribution < -0.4 is 0 Å². The minimum atomic E-state index is 0.165. The predicted molar refractivity (Wildman–Crippen MR) is 58.2 cm³/mol. The lowest BCUT2D eigenvalue weighted by atomic mass is 10.1. The Kier molecular flexibility index (Phi) is 9.18. The molecule has 0 aliphatic heterocycles. The average Bonchev–Trinajstić information content (AvgIpc) is 2.14. The summed E-state index contributed by atoms with van der Waals surface area (Å²) in [5, 5.41) is 18.6. The molecule has 0 aromatic heterocycles. The lowest BCUT2D eigenvalue weighted by Crippen LogP contribution is -2.34. The Morgan fingerprint density at radius 2 is 1.77 bits per heavy atom. The molecule has 0 spiro atoms. The van der Waals surface area contributed by atoms with Crippen LogP contribution in [-0.4, -0.2) is 53.3 Å². The SMILES string of the molecule is CCC(CBr)CN(CCO)CCO. The van der Waals surface area contributed by atoms with E-state index in [2.05, 4.69) is 27.8 Å². The molecule has 0 rings (SSSR count). The number of hydrogen-bond acceptors (Lipinski definition) is 3. The molecule has 0 fully saturated rings. The van der Waals surface area contributed by atoms with E-state index < -0.39 is 0 Å². The Hall–Kier alpha value is 0.360. The topological polar surface area (TPSA) is 43.7 Å². The van der Waals surface area contributed by atoms with Crippen LogP contribution in [0.15, 0.2) is 0 Å². The molecular weight excluding hydrogens is 234 g/mol. The third kappa shape index (κ3) is 6.43. The zero-order valence-electron chi connectivity index (χ0n) is 8.25. The first-order chi connectivity index (χ1) is 6.28. The summed E-state index contributed by atoms with van der Waals surface area (Å²) < 4.78 is 0. The van der Waals surface area contributed by atoms with Gasteiger partial charge in [0.1, 0.15) is 0 Å². The van der Waals surface area contributed by atoms with Crippen LogP contribution in [0.2, 0.25) is 0 Å². The lowest BCUT2D eigenvalue weighted by molar-refractivity contribution is 0.147. The summed E-state index contributed by atoms with van der Waals surface area (Å²) in [6.07, 6.45) is 1.12. The second-order valence-electron chi connectivity index (χ2n) is 3.18. The molecule has 3 nitrogen and oxygen atoms in total. The highest BCUT2D eigenvalue weighted by atomic mass is 79.9. The summed E-state index contributed by atoms with van der Waals surface area (Å²) in [5.41, 5.74) is 0. The van der Waals surface area contributed by atoms with Crippen molar-refractivity contribution in [3.63, 3.8) is 0 Å². The molecule has 0 radical (unpaired) electrons. The Balaban J connectivity index is 3.76. The van der Waals surface area contributed by atoms with Crippen LogP contribution in [0.3, 0.4) is 0 Å². The molecule has 1 unspecified atom stereocenters. The van der Waals surface area contributed by atoms with Crippen molar-refractivity contribution in [2.24, 2.45) is 5.92 Å². The monoisotopic (exact) mass is 253 g/mol. The molecule has 0 aliphatic carbocycles. The number of aliphatic hydroxyl groups is 2. The van der Waals surface area contributed by atoms with Crippen molar-refractivity contribution >= 4 is 15.9 Å². The molecule has 0 heterocycles. The van der Waals surface area contributed by atoms with Crippen LogP contribution in [0.4, 0.5) is 0 Å². The third-order valence-corrected chi connectivity index (χ3v) is 3.06. The molecule has 1 atom stereocenters. The van der Waals surface area contributed by atoms with Crippen LogP contribution in [0.1, 0.15) is 13.3 Å². The van der Waals surface area contributed by atoms with Gasteiger partial charge < -0.3 is 10.2 Å². The molecule has 2 N–H and O–H groups in total. The van der Waals surface area contributed by atoms with E-state index in [0.29, 0.717) is 19.0 Å². The molecule has 0 bridgehead atoms. The fraction of sp³-hybridized carbons (Fsp3) is 1.00. The number of halogens is 1. The molecule has 0 aromatic rings. The van der Waals surface area contributed by atoms with Crippen molar-refractivity contribution in [2.75, 3.05) is 38.2 Å². The van der Waals surface area contributed by atoms with Crippen LogP contribution in [0.5, 0.6) is 0 Å². The quantitative estimate of drug-likeness (QED) is 0.626. The predicted octanol–water partition coefficient (Wildman–Crippen LogP) is 0.694. The van der Waals surface area contributed by atoms with Crippen molar-refractivity contribution < 1.29 is 10.2 Å². The molecule has 0 aliphatic rings. The van der Waals surface area contributed by atoms with Gasteiger partial charge in [0.25, 0.3) is 0 Å². The van der Waals surface area contributed by atoms with Crippen LogP contribution in [0, 0.1) is 5.92 Å². The minimum absolute atomic E-state index is 0.165. The highest BCUT2D eigenvalue weighted by Gasteiger charge is 2.10. The molecule has 0 aromatic carbocycles. The Labute approximate surface area is 88.9 Å². The normalized spacial score (nSPS) is 13.6. The number of nitrogens with zero attached hydrogens (tertiary/aromatic N) is 1. The van der Waals surface area contributed by atoms with Gasteiger partial charge in [-0.05, 0) is 5.92 Å². The first-order valence-corrected chi connectivity index (χ1v) is 5.90. The highest BCUT2D eigenvalue weighted by Crippen LogP contribution is 2.08. The molecule has 80 valence electrons. The standard InChI is InChI=1S/C9H20BrNO2/c1-2-9(7-10)8-11(3-5-12)4-6-13/h9,12-13H,2-8H2,1H3. The molecule has 4 heteroatoms. The van der Waals surface area contributed by atoms with Gasteiger partial charge >= 0.3 is 0 Å². The van der Waals surface area contributed by atoms with Crippen LogP contribution in [0.25, 0.3) is 0 Å². The molecule has 0 saturated heterocycles. The van der Waals surface area contributed by atoms with Crippen molar-refractivity contribution in [1.82, 2.24) is 4.90 Å². The Morgan fingerprint density at radius 1 is 1.23 bits per heavy atom. The summed E-state index contributed by atoms with van der Waals surface area (Å²) >= 11 is 3.46. The zero-order valence-corrected chi connectivity index (χ0v) is 9.83. The van der Waals surface area contributed by atoms with E-state index in [0.717, 1.165) is 18.3 Å². The summed E-state index contributed by atoms with van der Waals surface area (Å²) in [6, 6.07) is 0. The zero-order chi connectivity index (χ0) is 10.1. The van der Waals surface area contributed by atoms with Gasteiger partial charge in [-0.3, -0.25) is 4.90 Å². The Morgan fingerprint density at radius 3 is 2.08 bits per heavy atom. The van der Waals surface area contributed by atoms with Crippen LogP contribution in [-0.2, 0) is 0 Å². The second-order valence-corrected chi connectivity index (χ2v) is 3.82. The maximum absolute atomic E-state index is 8.79. The van der Waals surface area contributed by atoms with Gasteiger partial charge in [-0.25, -0.2) is 0 Å². The first-order valence-electron chi connectivity index (χ1n) is 4.78. The van der Waals surface area contributed by atoms with Gasteiger partial charge in [0.15, 0.2) is 0 Å². The van der Waals surface area contributed by atoms with Gasteiger partial charge in [0.2, 0.25) is 0 Å². The number of alkyl halides is 1. The van der Waals surface area contributed by atoms with Gasteiger partial charge in [-0.2, -0.15) is 0 Å². The smallest absolute Gasteiger partial charge is 0.0558 e. The Bertz CT molecular complexity index is 104. The van der Waals surface area contributed by atoms with Crippen molar-refractivity contribution in [3.05, 3.63) is 0 Å². The number of hydrogen-bond donors (Lipinski definition) is 2. The van der Waals surface area contributed by atoms with E-state index in [1.807, 2.05) is 0 Å². The van der Waals surface area contributed by atoms with E-state index in [-0.39, 0.29) is 13.2 Å². The molecular formula is C9H20BrNO2. The fourth-order valence-corrected chi connectivity index (χ4v) is 1.89. The van der Waals surface area contributed by atoms with Gasteiger partial charge in [-0.15, -0.1) is 0 Å². The fourth-order valence-electron chi connectivity index (χ4n) is 1.23. The molecule has 0 saturated carbocycles. The van der Waals surface area contributed by atoms with Gasteiger partial charge in [0, 0.05) is 25.0 Å². The number of rotatable bonds is 8. The van der Waals surface area contributed by atoms with E-state index in [1.165, 1.54) is 0 Å². The highest BCUT2D eigenvalue weighted by molar-refractivity contribution is 9.09. The van der Waals surface area contributed by atoms with Crippen molar-refractivity contribution in [2.45, 2.75) is 13.3 Å². The average molecular weight is 254 g/mol. The van der Waals surface area contributed by atoms with E-state index in [9.17, 15) is 0 Å². The van der Waals surface area contributed by atoms with Crippen molar-refractivity contribution in [3.8, 4) is 0 Å². The largest absolute Gasteiger partial charge is 0.395 e. The summed E-state index contributed by atoms with van der Waals surface area (Å²) in [5.74, 6) is 0.609. The van der Waals surface area contributed by atoms with Gasteiger partial charge in [0.05, 0.1) is 13.2 Å². The van der Waals surface area contributed by atoms with Crippen LogP contribution >= 0.6 is 15.9 Å². The first kappa shape index (κ1) is 13.4. The van der Waals surface area contributed by atoms with E-state index in [4.69, 9.17) is 10.2 Å². The minimum Gasteiger partial charge on any atom is -0.395 e. The summed E-state index contributed by atoms with van der Waals surface area (Å²) in [4.78, 5) is 2.09. The summed E-state index contributed by atoms with van der Waals surface area (Å²) in [7, 11) is 0. The van der Waals surface area contributed by atoms with E-state index in [1.54, 1.807) is 0 Å². The maximum atomic E-state index is 8.79. The summed E-state index contributed by atoms with van der Waals surface area (Å²) in [6.45, 7) is 4.75. The van der Waals surface area contributed by atoms with E-state index >= 15 is 0 Å². The molecule has 0 amide bonds. The third-order valence-electron chi connectivity index (χ3n) is 2.14. The van der Waals surface area contributed by atoms with Gasteiger partial charge in [-0.1, -0.05) is 29.3 Å². The number of aliphatic hydroxyl groups excluding tert-OH is 2. The van der Waals surface area contributed by atoms with Crippen molar-refractivity contribution in [1.29, 1.82) is 0 Å². The lowest BCUT2D eigenvalue weighted by Gasteiger charge is -2.24. The molecule has 13 heavy (non-hydrogen) atoms. The maximum Gasteiger partial charge on any atom is 0.0558 e. The second kappa shape index (κ2) is 8.94.